The van der Waals surface area contributed by atoms with Gasteiger partial charge in [0.25, 0.3) is 0 Å². The summed E-state index contributed by atoms with van der Waals surface area (Å²) in [5, 5.41) is 11.9. The van der Waals surface area contributed by atoms with E-state index in [1.165, 1.54) is 0 Å². The lowest BCUT2D eigenvalue weighted by Crippen LogP contribution is -2.47. The van der Waals surface area contributed by atoms with Gasteiger partial charge in [-0.15, -0.1) is 0 Å². The molecule has 0 heterocycles. The minimum absolute atomic E-state index is 0.0115. The molecule has 16 heavy (non-hydrogen) atoms. The lowest BCUT2D eigenvalue weighted by Gasteiger charge is -2.31. The lowest BCUT2D eigenvalue weighted by molar-refractivity contribution is 0.125. The minimum Gasteiger partial charge on any atom is -0.409 e. The Labute approximate surface area is 98.2 Å². The normalized spacial score (nSPS) is 14.8. The maximum absolute atomic E-state index is 8.75. The van der Waals surface area contributed by atoms with Gasteiger partial charge in [-0.05, 0) is 12.3 Å². The van der Waals surface area contributed by atoms with Crippen LogP contribution >= 0.6 is 0 Å². The second kappa shape index (κ2) is 8.35. The Balaban J connectivity index is 4.54. The van der Waals surface area contributed by atoms with E-state index in [0.717, 1.165) is 19.5 Å². The Kier molecular flexibility index (Phi) is 7.93. The number of oxime groups is 1. The fraction of sp³-hybridized carbons (Fsp3) is 0.909. The fourth-order valence-electron chi connectivity index (χ4n) is 1.77. The molecule has 5 nitrogen and oxygen atoms in total. The predicted molar refractivity (Wildman–Crippen MR) is 65.8 cm³/mol. The first-order valence-corrected chi connectivity index (χ1v) is 5.77. The molecule has 5 heteroatoms. The van der Waals surface area contributed by atoms with E-state index in [0.29, 0.717) is 12.5 Å². The van der Waals surface area contributed by atoms with Crippen LogP contribution in [0.25, 0.3) is 0 Å². The molecule has 0 aromatic heterocycles. The Morgan fingerprint density at radius 1 is 1.50 bits per heavy atom. The summed E-state index contributed by atoms with van der Waals surface area (Å²) in [4.78, 5) is 2.20. The van der Waals surface area contributed by atoms with Crippen molar-refractivity contribution in [1.29, 1.82) is 0 Å². The molecule has 0 aromatic carbocycles. The number of nitrogens with zero attached hydrogens (tertiary/aromatic N) is 2. The summed E-state index contributed by atoms with van der Waals surface area (Å²) >= 11 is 0. The van der Waals surface area contributed by atoms with E-state index in [1.54, 1.807) is 7.11 Å². The summed E-state index contributed by atoms with van der Waals surface area (Å²) < 4.78 is 5.08. The second-order valence-corrected chi connectivity index (χ2v) is 4.33. The maximum atomic E-state index is 8.75. The predicted octanol–water partition coefficient (Wildman–Crippen LogP) is 1.12. The topological polar surface area (TPSA) is 71.1 Å². The molecule has 0 saturated heterocycles. The number of amidine groups is 1. The average molecular weight is 231 g/mol. The largest absolute Gasteiger partial charge is 0.409 e. The quantitative estimate of drug-likeness (QED) is 0.284. The van der Waals surface area contributed by atoms with Crippen LogP contribution in [-0.2, 0) is 4.74 Å². The van der Waals surface area contributed by atoms with Crippen LogP contribution in [0, 0.1) is 5.92 Å². The van der Waals surface area contributed by atoms with Crippen molar-refractivity contribution >= 4 is 5.84 Å². The average Bonchev–Trinajstić information content (AvgIpc) is 2.25. The van der Waals surface area contributed by atoms with Crippen LogP contribution in [0.15, 0.2) is 5.16 Å². The summed E-state index contributed by atoms with van der Waals surface area (Å²) in [7, 11) is 1.68. The molecule has 1 atom stereocenters. The molecule has 0 aliphatic carbocycles. The van der Waals surface area contributed by atoms with Crippen LogP contribution in [0.1, 0.15) is 27.2 Å². The number of methoxy groups -OCH3 is 1. The molecule has 96 valence electrons. The summed E-state index contributed by atoms with van der Waals surface area (Å²) in [6.07, 6.45) is 0.826. The molecule has 0 aliphatic heterocycles. The number of rotatable bonds is 8. The van der Waals surface area contributed by atoms with E-state index in [-0.39, 0.29) is 11.9 Å². The number of hydrogen-bond donors (Lipinski definition) is 2. The van der Waals surface area contributed by atoms with Gasteiger partial charge in [0.15, 0.2) is 5.84 Å². The Bertz CT molecular complexity index is 207. The van der Waals surface area contributed by atoms with E-state index < -0.39 is 0 Å². The van der Waals surface area contributed by atoms with Crippen LogP contribution in [0.2, 0.25) is 0 Å². The molecule has 0 fully saturated rings. The van der Waals surface area contributed by atoms with Crippen molar-refractivity contribution in [2.45, 2.75) is 33.2 Å². The highest BCUT2D eigenvalue weighted by molar-refractivity contribution is 5.85. The van der Waals surface area contributed by atoms with Gasteiger partial charge in [0.2, 0.25) is 0 Å². The van der Waals surface area contributed by atoms with Gasteiger partial charge in [0.1, 0.15) is 0 Å². The molecule has 0 rings (SSSR count). The molecular formula is C11H25N3O2. The molecule has 3 N–H and O–H groups in total. The van der Waals surface area contributed by atoms with Crippen LogP contribution in [-0.4, -0.2) is 48.8 Å². The number of ether oxygens (including phenoxy) is 1. The van der Waals surface area contributed by atoms with Gasteiger partial charge in [-0.2, -0.15) is 0 Å². The first-order chi connectivity index (χ1) is 7.56. The minimum atomic E-state index is -0.0115. The Morgan fingerprint density at radius 3 is 2.50 bits per heavy atom. The standard InChI is InChI=1S/C11H25N3O2/c1-5-10(11(12)13-15)14(6-7-16-4)8-9(2)3/h9-10,15H,5-8H2,1-4H3,(H2,12,13). The lowest BCUT2D eigenvalue weighted by atomic mass is 10.1. The smallest absolute Gasteiger partial charge is 0.156 e. The van der Waals surface area contributed by atoms with E-state index >= 15 is 0 Å². The van der Waals surface area contributed by atoms with Gasteiger partial charge < -0.3 is 15.7 Å². The van der Waals surface area contributed by atoms with Crippen molar-refractivity contribution in [1.82, 2.24) is 4.90 Å². The van der Waals surface area contributed by atoms with Gasteiger partial charge in [-0.25, -0.2) is 0 Å². The van der Waals surface area contributed by atoms with Crippen molar-refractivity contribution < 1.29 is 9.94 Å². The Hall–Kier alpha value is -0.810. The van der Waals surface area contributed by atoms with Gasteiger partial charge in [-0.1, -0.05) is 25.9 Å². The maximum Gasteiger partial charge on any atom is 0.156 e. The molecule has 1 unspecified atom stereocenters. The zero-order valence-corrected chi connectivity index (χ0v) is 10.8. The van der Waals surface area contributed by atoms with Crippen molar-refractivity contribution in [2.75, 3.05) is 26.8 Å². The summed E-state index contributed by atoms with van der Waals surface area (Å²) in [5.41, 5.74) is 5.69. The first kappa shape index (κ1) is 15.2. The molecule has 0 spiro atoms. The third-order valence-corrected chi connectivity index (χ3v) is 2.47. The number of nitrogens with two attached hydrogens (primary N) is 1. The van der Waals surface area contributed by atoms with E-state index in [4.69, 9.17) is 15.7 Å². The van der Waals surface area contributed by atoms with E-state index in [1.807, 2.05) is 6.92 Å². The van der Waals surface area contributed by atoms with Crippen molar-refractivity contribution in [3.05, 3.63) is 0 Å². The van der Waals surface area contributed by atoms with Gasteiger partial charge >= 0.3 is 0 Å². The van der Waals surface area contributed by atoms with Gasteiger partial charge in [-0.3, -0.25) is 4.90 Å². The Morgan fingerprint density at radius 2 is 2.12 bits per heavy atom. The summed E-state index contributed by atoms with van der Waals surface area (Å²) in [6, 6.07) is -0.0115. The van der Waals surface area contributed by atoms with Gasteiger partial charge in [0, 0.05) is 20.2 Å². The summed E-state index contributed by atoms with van der Waals surface area (Å²) in [6.45, 7) is 8.70. The fourth-order valence-corrected chi connectivity index (χ4v) is 1.77. The van der Waals surface area contributed by atoms with Crippen LogP contribution < -0.4 is 5.73 Å². The highest BCUT2D eigenvalue weighted by Gasteiger charge is 2.21. The monoisotopic (exact) mass is 231 g/mol. The van der Waals surface area contributed by atoms with Gasteiger partial charge in [0.05, 0.1) is 12.6 Å². The van der Waals surface area contributed by atoms with Crippen LogP contribution in [0.4, 0.5) is 0 Å². The molecule has 0 amide bonds. The van der Waals surface area contributed by atoms with E-state index in [9.17, 15) is 0 Å². The van der Waals surface area contributed by atoms with Crippen molar-refractivity contribution in [3.8, 4) is 0 Å². The molecule has 0 radical (unpaired) electrons. The van der Waals surface area contributed by atoms with E-state index in [2.05, 4.69) is 23.9 Å². The molecule has 0 bridgehead atoms. The second-order valence-electron chi connectivity index (χ2n) is 4.33. The van der Waals surface area contributed by atoms with Crippen LogP contribution in [0.5, 0.6) is 0 Å². The molecular weight excluding hydrogens is 206 g/mol. The molecule has 0 saturated carbocycles. The molecule has 0 aliphatic rings. The third-order valence-electron chi connectivity index (χ3n) is 2.47. The zero-order valence-electron chi connectivity index (χ0n) is 10.8. The summed E-state index contributed by atoms with van der Waals surface area (Å²) in [5.74, 6) is 0.816. The third kappa shape index (κ3) is 5.32. The zero-order chi connectivity index (χ0) is 12.6. The van der Waals surface area contributed by atoms with Crippen molar-refractivity contribution in [3.63, 3.8) is 0 Å². The highest BCUT2D eigenvalue weighted by Crippen LogP contribution is 2.08. The number of hydrogen-bond acceptors (Lipinski definition) is 4. The SMILES string of the molecule is CCC(C(N)=NO)N(CCOC)CC(C)C. The highest BCUT2D eigenvalue weighted by atomic mass is 16.5. The first-order valence-electron chi connectivity index (χ1n) is 5.77. The molecule has 0 aromatic rings. The van der Waals surface area contributed by atoms with Crippen LogP contribution in [0.3, 0.4) is 0 Å². The van der Waals surface area contributed by atoms with Crippen molar-refractivity contribution in [2.24, 2.45) is 16.8 Å².